The Labute approximate surface area is 290 Å². The maximum atomic E-state index is 14.7. The fourth-order valence-electron chi connectivity index (χ4n) is 6.91. The van der Waals surface area contributed by atoms with E-state index in [0.29, 0.717) is 58.5 Å². The summed E-state index contributed by atoms with van der Waals surface area (Å²) >= 11 is 6.61. The lowest BCUT2D eigenvalue weighted by Gasteiger charge is -2.40. The summed E-state index contributed by atoms with van der Waals surface area (Å²) in [6, 6.07) is 25.6. The van der Waals surface area contributed by atoms with E-state index in [4.69, 9.17) is 16.3 Å². The third kappa shape index (κ3) is 6.57. The Hall–Kier alpha value is -4.96. The molecule has 0 unspecified atom stereocenters. The number of aromatic nitrogens is 2. The first kappa shape index (κ1) is 32.6. The molecule has 0 radical (unpaired) electrons. The van der Waals surface area contributed by atoms with Gasteiger partial charge < -0.3 is 19.3 Å². The number of rotatable bonds is 7. The van der Waals surface area contributed by atoms with E-state index in [-0.39, 0.29) is 23.6 Å². The van der Waals surface area contributed by atoms with Crippen LogP contribution in [0.1, 0.15) is 37.5 Å². The van der Waals surface area contributed by atoms with Gasteiger partial charge in [0.25, 0.3) is 11.8 Å². The Balaban J connectivity index is 1.27. The molecule has 9 nitrogen and oxygen atoms in total. The number of morpholine rings is 1. The van der Waals surface area contributed by atoms with Crippen LogP contribution in [0.2, 0.25) is 5.02 Å². The highest BCUT2D eigenvalue weighted by Gasteiger charge is 2.34. The number of fused-ring (bicyclic) bond motifs is 1. The Bertz CT molecular complexity index is 1990. The highest BCUT2D eigenvalue weighted by molar-refractivity contribution is 6.31. The molecule has 0 spiro atoms. The van der Waals surface area contributed by atoms with Crippen LogP contribution in [-0.2, 0) is 24.8 Å². The first-order chi connectivity index (χ1) is 23.8. The molecule has 49 heavy (non-hydrogen) atoms. The summed E-state index contributed by atoms with van der Waals surface area (Å²) in [6.45, 7) is 6.23. The average molecular weight is 676 g/mol. The lowest BCUT2D eigenvalue weighted by atomic mass is 9.92. The zero-order valence-electron chi connectivity index (χ0n) is 27.6. The number of carbonyl (C=O) groups is 2. The first-order valence-electron chi connectivity index (χ1n) is 16.5. The van der Waals surface area contributed by atoms with Crippen molar-refractivity contribution < 1.29 is 19.4 Å². The molecule has 0 aliphatic carbocycles. The summed E-state index contributed by atoms with van der Waals surface area (Å²) in [7, 11) is 1.90. The number of pyridine rings is 1. The van der Waals surface area contributed by atoms with Crippen molar-refractivity contribution in [3.8, 4) is 17.0 Å². The van der Waals surface area contributed by atoms with Crippen LogP contribution in [-0.4, -0.2) is 75.2 Å². The molecule has 10 heteroatoms. The molecule has 7 rings (SSSR count). The molecule has 4 heterocycles. The topological polar surface area (TPSA) is 91.1 Å². The molecule has 2 aliphatic rings. The predicted octanol–water partition coefficient (Wildman–Crippen LogP) is 6.63. The summed E-state index contributed by atoms with van der Waals surface area (Å²) < 4.78 is 7.54. The van der Waals surface area contributed by atoms with E-state index in [9.17, 15) is 14.7 Å². The van der Waals surface area contributed by atoms with E-state index in [2.05, 4.69) is 28.1 Å². The summed E-state index contributed by atoms with van der Waals surface area (Å²) in [5.41, 5.74) is 6.73. The first-order valence-corrected chi connectivity index (χ1v) is 16.8. The monoisotopic (exact) mass is 675 g/mol. The number of phenolic OH excluding ortho intramolecular Hbond substituents is 1. The smallest absolute Gasteiger partial charge is 0.264 e. The lowest BCUT2D eigenvalue weighted by Crippen LogP contribution is -2.52. The Morgan fingerprint density at radius 1 is 0.918 bits per heavy atom. The van der Waals surface area contributed by atoms with Crippen LogP contribution in [0.25, 0.3) is 11.3 Å². The molecule has 5 aromatic rings. The van der Waals surface area contributed by atoms with Gasteiger partial charge in [-0.1, -0.05) is 35.9 Å². The van der Waals surface area contributed by atoms with Gasteiger partial charge in [-0.25, -0.2) is 0 Å². The van der Waals surface area contributed by atoms with Crippen molar-refractivity contribution in [1.82, 2.24) is 19.4 Å². The van der Waals surface area contributed by atoms with Crippen molar-refractivity contribution in [3.05, 3.63) is 130 Å². The third-order valence-corrected chi connectivity index (χ3v) is 9.91. The minimum atomic E-state index is -0.260. The van der Waals surface area contributed by atoms with Crippen molar-refractivity contribution in [2.75, 3.05) is 37.7 Å². The number of hydrogen-bond acceptors (Lipinski definition) is 6. The van der Waals surface area contributed by atoms with E-state index in [1.54, 1.807) is 65.8 Å². The SMILES string of the molecule is Cc1c(C(=O)N(c2ccncc2)c2ccc(O)cc2)cc(-c2cc(Cl)ccc2C(=O)N2Cc3ccccc3C[C@H]2CN2CCOCC2)n1C. The molecule has 1 saturated heterocycles. The molecule has 2 amide bonds. The third-order valence-electron chi connectivity index (χ3n) is 9.67. The Morgan fingerprint density at radius 3 is 2.35 bits per heavy atom. The molecule has 250 valence electrons. The van der Waals surface area contributed by atoms with Gasteiger partial charge in [0, 0.05) is 84.9 Å². The van der Waals surface area contributed by atoms with Gasteiger partial charge in [0.2, 0.25) is 0 Å². The van der Waals surface area contributed by atoms with Crippen molar-refractivity contribution in [2.24, 2.45) is 7.05 Å². The van der Waals surface area contributed by atoms with Crippen LogP contribution >= 0.6 is 11.6 Å². The second-order valence-corrected chi connectivity index (χ2v) is 13.0. The van der Waals surface area contributed by atoms with Crippen LogP contribution in [0, 0.1) is 6.92 Å². The van der Waals surface area contributed by atoms with Gasteiger partial charge in [0.05, 0.1) is 24.5 Å². The predicted molar refractivity (Wildman–Crippen MR) is 190 cm³/mol. The zero-order chi connectivity index (χ0) is 34.1. The lowest BCUT2D eigenvalue weighted by molar-refractivity contribution is 0.0193. The molecule has 1 fully saturated rings. The zero-order valence-corrected chi connectivity index (χ0v) is 28.3. The number of phenols is 1. The number of carbonyl (C=O) groups excluding carboxylic acids is 2. The number of anilines is 2. The number of benzene rings is 3. The molecule has 0 bridgehead atoms. The molecule has 3 aromatic carbocycles. The molecular weight excluding hydrogens is 638 g/mol. The van der Waals surface area contributed by atoms with Gasteiger partial charge in [0.15, 0.2) is 0 Å². The maximum absolute atomic E-state index is 14.7. The minimum Gasteiger partial charge on any atom is -0.508 e. The number of amides is 2. The van der Waals surface area contributed by atoms with E-state index in [0.717, 1.165) is 37.3 Å². The average Bonchev–Trinajstić information content (AvgIpc) is 3.42. The maximum Gasteiger partial charge on any atom is 0.264 e. The molecule has 1 N–H and O–H groups in total. The fourth-order valence-corrected chi connectivity index (χ4v) is 7.08. The number of hydrogen-bond donors (Lipinski definition) is 1. The van der Waals surface area contributed by atoms with Crippen LogP contribution in [0.4, 0.5) is 11.4 Å². The van der Waals surface area contributed by atoms with Gasteiger partial charge in [-0.05, 0) is 85.1 Å². The standard InChI is InChI=1S/C39H38ClN5O4/c1-26-35(39(48)45(31-13-15-41-16-14-31)30-8-10-33(46)11-9-30)23-37(42(26)2)36-22-29(40)7-12-34(36)38(47)44-24-28-6-4-3-5-27(28)21-32(44)25-43-17-19-49-20-18-43/h3-16,22-23,32,46H,17-21,24-25H2,1-2H3/t32-/m0/s1. The largest absolute Gasteiger partial charge is 0.508 e. The van der Waals surface area contributed by atoms with E-state index >= 15 is 0 Å². The van der Waals surface area contributed by atoms with Gasteiger partial charge in [-0.2, -0.15) is 0 Å². The van der Waals surface area contributed by atoms with Crippen molar-refractivity contribution in [2.45, 2.75) is 25.9 Å². The summed E-state index contributed by atoms with van der Waals surface area (Å²) in [5.74, 6) is -0.232. The fraction of sp³-hybridized carbons (Fsp3) is 0.256. The molecule has 2 aromatic heterocycles. The number of ether oxygens (including phenoxy) is 1. The van der Waals surface area contributed by atoms with Crippen molar-refractivity contribution >= 4 is 34.8 Å². The van der Waals surface area contributed by atoms with Crippen LogP contribution in [0.5, 0.6) is 5.75 Å². The Kier molecular flexibility index (Phi) is 9.23. The van der Waals surface area contributed by atoms with Gasteiger partial charge in [-0.15, -0.1) is 0 Å². The second kappa shape index (κ2) is 13.9. The summed E-state index contributed by atoms with van der Waals surface area (Å²) in [6.07, 6.45) is 4.04. The molecular formula is C39H38ClN5O4. The number of aromatic hydroxyl groups is 1. The van der Waals surface area contributed by atoms with Crippen LogP contribution in [0.15, 0.2) is 97.3 Å². The highest BCUT2D eigenvalue weighted by Crippen LogP contribution is 2.36. The van der Waals surface area contributed by atoms with Gasteiger partial charge in [0.1, 0.15) is 5.75 Å². The summed E-state index contributed by atoms with van der Waals surface area (Å²) in [4.78, 5) is 39.3. The molecule has 2 aliphatic heterocycles. The molecule has 1 atom stereocenters. The van der Waals surface area contributed by atoms with Gasteiger partial charge >= 0.3 is 0 Å². The number of nitrogens with zero attached hydrogens (tertiary/aromatic N) is 5. The normalized spacial score (nSPS) is 16.3. The van der Waals surface area contributed by atoms with Gasteiger partial charge in [-0.3, -0.25) is 24.4 Å². The van der Waals surface area contributed by atoms with Crippen LogP contribution in [0.3, 0.4) is 0 Å². The number of halogens is 1. The molecule has 0 saturated carbocycles. The van der Waals surface area contributed by atoms with E-state index in [1.807, 2.05) is 41.6 Å². The Morgan fingerprint density at radius 2 is 1.61 bits per heavy atom. The second-order valence-electron chi connectivity index (χ2n) is 12.6. The summed E-state index contributed by atoms with van der Waals surface area (Å²) in [5, 5.41) is 10.4. The van der Waals surface area contributed by atoms with Crippen molar-refractivity contribution in [1.29, 1.82) is 0 Å². The quantitative estimate of drug-likeness (QED) is 0.208. The van der Waals surface area contributed by atoms with E-state index in [1.165, 1.54) is 5.56 Å². The highest BCUT2D eigenvalue weighted by atomic mass is 35.5. The van der Waals surface area contributed by atoms with E-state index < -0.39 is 0 Å². The van der Waals surface area contributed by atoms with Crippen molar-refractivity contribution in [3.63, 3.8) is 0 Å². The van der Waals surface area contributed by atoms with Crippen LogP contribution < -0.4 is 4.90 Å². The minimum absolute atomic E-state index is 0.0180.